The van der Waals surface area contributed by atoms with Crippen molar-refractivity contribution in [2.45, 2.75) is 12.1 Å². The molecule has 2 aliphatic heterocycles. The highest BCUT2D eigenvalue weighted by atomic mass is 16.5. The number of carbonyl (C=O) groups excluding carboxylic acids is 2. The number of rotatable bonds is 4. The number of carbonyl (C=O) groups is 4. The van der Waals surface area contributed by atoms with Gasteiger partial charge < -0.3 is 40.6 Å². The molecule has 2 atom stereocenters. The van der Waals surface area contributed by atoms with Crippen LogP contribution in [0.5, 0.6) is 0 Å². The Kier molecular flexibility index (Phi) is 11.1. The Bertz CT molecular complexity index is 446. The molecule has 0 aromatic heterocycles. The summed E-state index contributed by atoms with van der Waals surface area (Å²) in [7, 11) is 2.67. The number of methoxy groups -OCH3 is 2. The molecule has 2 unspecified atom stereocenters. The van der Waals surface area contributed by atoms with E-state index < -0.39 is 24.0 Å². The van der Waals surface area contributed by atoms with Crippen molar-refractivity contribution >= 4 is 23.9 Å². The number of aliphatic carboxylic acids is 2. The smallest absolute Gasteiger partial charge is 0.414 e. The van der Waals surface area contributed by atoms with Crippen LogP contribution in [-0.4, -0.2) is 86.8 Å². The van der Waals surface area contributed by atoms with E-state index in [4.69, 9.17) is 40.7 Å². The lowest BCUT2D eigenvalue weighted by atomic mass is 9.99. The van der Waals surface area contributed by atoms with Gasteiger partial charge in [-0.2, -0.15) is 0 Å². The number of esters is 2. The van der Waals surface area contributed by atoms with Crippen LogP contribution in [0.1, 0.15) is 0 Å². The van der Waals surface area contributed by atoms with Crippen molar-refractivity contribution in [3.05, 3.63) is 0 Å². The van der Waals surface area contributed by atoms with Gasteiger partial charge in [-0.1, -0.05) is 0 Å². The van der Waals surface area contributed by atoms with Gasteiger partial charge >= 0.3 is 23.9 Å². The minimum absolute atomic E-state index is 0.160. The van der Waals surface area contributed by atoms with Crippen LogP contribution >= 0.6 is 0 Å². The Hall–Kier alpha value is -2.28. The van der Waals surface area contributed by atoms with Crippen molar-refractivity contribution in [1.82, 2.24) is 0 Å². The molecule has 26 heavy (non-hydrogen) atoms. The average Bonchev–Trinajstić information content (AvgIpc) is 2.50. The maximum absolute atomic E-state index is 10.7. The molecule has 0 aliphatic carbocycles. The van der Waals surface area contributed by atoms with E-state index in [0.29, 0.717) is 26.4 Å². The first kappa shape index (κ1) is 23.7. The number of nitrogens with two attached hydrogens (primary N) is 2. The molecule has 0 saturated carbocycles. The first-order chi connectivity index (χ1) is 12.1. The molecule has 12 heteroatoms. The Morgan fingerprint density at radius 2 is 1.08 bits per heavy atom. The summed E-state index contributed by atoms with van der Waals surface area (Å²) in [6.07, 6.45) is 0. The number of hydrogen-bond donors (Lipinski definition) is 4. The van der Waals surface area contributed by atoms with Crippen molar-refractivity contribution in [2.24, 2.45) is 23.3 Å². The van der Waals surface area contributed by atoms with Gasteiger partial charge in [-0.3, -0.25) is 9.59 Å². The van der Waals surface area contributed by atoms with Gasteiger partial charge in [0.25, 0.3) is 0 Å². The first-order valence-corrected chi connectivity index (χ1v) is 7.44. The van der Waals surface area contributed by atoms with Crippen molar-refractivity contribution in [3.63, 3.8) is 0 Å². The molecule has 0 amide bonds. The van der Waals surface area contributed by atoms with Gasteiger partial charge in [-0.05, 0) is 0 Å². The van der Waals surface area contributed by atoms with Gasteiger partial charge in [-0.15, -0.1) is 0 Å². The van der Waals surface area contributed by atoms with Crippen LogP contribution < -0.4 is 11.5 Å². The molecular weight excluding hydrogens is 356 g/mol. The largest absolute Gasteiger partial charge is 0.473 e. The van der Waals surface area contributed by atoms with Crippen LogP contribution in [-0.2, 0) is 38.1 Å². The topological polar surface area (TPSA) is 198 Å². The highest BCUT2D eigenvalue weighted by Crippen LogP contribution is 2.14. The van der Waals surface area contributed by atoms with E-state index in [1.807, 2.05) is 0 Å². The van der Waals surface area contributed by atoms with Gasteiger partial charge in [0.1, 0.15) is 12.1 Å². The second-order valence-electron chi connectivity index (χ2n) is 5.30. The van der Waals surface area contributed by atoms with Gasteiger partial charge in [0.15, 0.2) is 0 Å². The Labute approximate surface area is 149 Å². The number of carboxylic acids is 2. The molecule has 0 bridgehead atoms. The highest BCUT2D eigenvalue weighted by molar-refractivity contribution is 6.27. The van der Waals surface area contributed by atoms with Gasteiger partial charge in [0.05, 0.1) is 40.6 Å². The maximum atomic E-state index is 10.7. The van der Waals surface area contributed by atoms with Crippen LogP contribution in [0.4, 0.5) is 0 Å². The molecule has 0 radical (unpaired) electrons. The quantitative estimate of drug-likeness (QED) is 0.294. The van der Waals surface area contributed by atoms with Crippen molar-refractivity contribution in [1.29, 1.82) is 0 Å². The average molecular weight is 380 g/mol. The summed E-state index contributed by atoms with van der Waals surface area (Å²) in [5, 5.41) is 14.8. The summed E-state index contributed by atoms with van der Waals surface area (Å²) in [4.78, 5) is 39.7. The molecule has 0 aromatic carbocycles. The second-order valence-corrected chi connectivity index (χ2v) is 5.30. The third-order valence-electron chi connectivity index (χ3n) is 3.47. The molecule has 6 N–H and O–H groups in total. The molecule has 0 aromatic rings. The Morgan fingerprint density at radius 1 is 0.808 bits per heavy atom. The molecule has 2 fully saturated rings. The second kappa shape index (κ2) is 12.1. The van der Waals surface area contributed by atoms with Gasteiger partial charge in [0.2, 0.25) is 0 Å². The summed E-state index contributed by atoms with van der Waals surface area (Å²) >= 11 is 0. The predicted molar refractivity (Wildman–Crippen MR) is 83.9 cm³/mol. The molecule has 150 valence electrons. The number of carboxylic acid groups (broad SMARTS) is 2. The van der Waals surface area contributed by atoms with Gasteiger partial charge in [0, 0.05) is 11.8 Å². The van der Waals surface area contributed by atoms with Crippen LogP contribution in [0.2, 0.25) is 0 Å². The maximum Gasteiger partial charge on any atom is 0.414 e. The minimum Gasteiger partial charge on any atom is -0.473 e. The van der Waals surface area contributed by atoms with E-state index in [1.165, 1.54) is 14.2 Å². The fraction of sp³-hybridized carbons (Fsp3) is 0.714. The van der Waals surface area contributed by atoms with E-state index in [2.05, 4.69) is 9.47 Å². The monoisotopic (exact) mass is 380 g/mol. The molecular formula is C14H24N2O10. The zero-order chi connectivity index (χ0) is 20.3. The van der Waals surface area contributed by atoms with Crippen molar-refractivity contribution in [2.75, 3.05) is 40.6 Å². The van der Waals surface area contributed by atoms with Crippen LogP contribution in [0.15, 0.2) is 0 Å². The van der Waals surface area contributed by atoms with Crippen molar-refractivity contribution in [3.8, 4) is 0 Å². The number of hydrogen-bond acceptors (Lipinski definition) is 10. The summed E-state index contributed by atoms with van der Waals surface area (Å²) in [5.41, 5.74) is 11.0. The summed E-state index contributed by atoms with van der Waals surface area (Å²) < 4.78 is 18.6. The fourth-order valence-corrected chi connectivity index (χ4v) is 1.58. The molecule has 2 rings (SSSR count). The Morgan fingerprint density at radius 3 is 1.19 bits per heavy atom. The zero-order valence-electron chi connectivity index (χ0n) is 14.5. The predicted octanol–water partition coefficient (Wildman–Crippen LogP) is -2.58. The van der Waals surface area contributed by atoms with Gasteiger partial charge in [-0.25, -0.2) is 9.59 Å². The first-order valence-electron chi connectivity index (χ1n) is 7.44. The molecule has 2 heterocycles. The van der Waals surface area contributed by atoms with Crippen LogP contribution in [0.3, 0.4) is 0 Å². The SMILES string of the molecule is COC(=O)C(N)C1COC1.COC(=O)C(N)C1COC1.O=C(O)C(=O)O. The van der Waals surface area contributed by atoms with Crippen LogP contribution in [0, 0.1) is 11.8 Å². The normalized spacial score (nSPS) is 18.2. The molecule has 2 aliphatic rings. The van der Waals surface area contributed by atoms with E-state index in [9.17, 15) is 9.59 Å². The lowest BCUT2D eigenvalue weighted by Crippen LogP contribution is -2.48. The molecule has 0 spiro atoms. The van der Waals surface area contributed by atoms with E-state index in [1.54, 1.807) is 0 Å². The third-order valence-corrected chi connectivity index (χ3v) is 3.47. The van der Waals surface area contributed by atoms with Crippen molar-refractivity contribution < 1.29 is 48.3 Å². The third kappa shape index (κ3) is 8.20. The van der Waals surface area contributed by atoms with E-state index in [-0.39, 0.29) is 23.8 Å². The molecule has 2 saturated heterocycles. The summed E-state index contributed by atoms with van der Waals surface area (Å²) in [6, 6.07) is -1.00. The lowest BCUT2D eigenvalue weighted by Gasteiger charge is -2.29. The molecule has 12 nitrogen and oxygen atoms in total. The van der Waals surface area contributed by atoms with Crippen LogP contribution in [0.25, 0.3) is 0 Å². The Balaban J connectivity index is 0.000000375. The summed E-state index contributed by atoms with van der Waals surface area (Å²) in [5.74, 6) is -4.04. The highest BCUT2D eigenvalue weighted by Gasteiger charge is 2.31. The van der Waals surface area contributed by atoms with E-state index >= 15 is 0 Å². The lowest BCUT2D eigenvalue weighted by molar-refractivity contribution is -0.159. The zero-order valence-corrected chi connectivity index (χ0v) is 14.5. The number of ether oxygens (including phenoxy) is 4. The minimum atomic E-state index is -1.82. The standard InChI is InChI=1S/2C6H11NO3.C2H2O4/c2*1-9-6(8)5(7)4-2-10-3-4;3-1(4)2(5)6/h2*4-5H,2-3,7H2,1H3;(H,3,4)(H,5,6). The van der Waals surface area contributed by atoms with E-state index in [0.717, 1.165) is 0 Å². The summed E-state index contributed by atoms with van der Waals surface area (Å²) in [6.45, 7) is 2.32. The fourth-order valence-electron chi connectivity index (χ4n) is 1.58.